The van der Waals surface area contributed by atoms with E-state index >= 15 is 0 Å². The van der Waals surface area contributed by atoms with Crippen LogP contribution in [-0.4, -0.2) is 97.3 Å². The smallest absolute Gasteiger partial charge is 0.246 e. The second kappa shape index (κ2) is 12.7. The number of nitrogens with zero attached hydrogens (tertiary/aromatic N) is 3. The lowest BCUT2D eigenvalue weighted by molar-refractivity contribution is -0.130. The van der Waals surface area contributed by atoms with Crippen molar-refractivity contribution in [3.63, 3.8) is 0 Å². The predicted octanol–water partition coefficient (Wildman–Crippen LogP) is 2.79. The summed E-state index contributed by atoms with van der Waals surface area (Å²) >= 11 is 12.0. The number of likely N-dealkylation sites (tertiary alicyclic amines) is 1. The van der Waals surface area contributed by atoms with Crippen molar-refractivity contribution < 1.29 is 19.4 Å². The first kappa shape index (κ1) is 26.0. The van der Waals surface area contributed by atoms with Gasteiger partial charge in [-0.2, -0.15) is 0 Å². The number of ether oxygens (including phenoxy) is 1. The zero-order valence-corrected chi connectivity index (χ0v) is 20.6. The molecule has 0 aliphatic carbocycles. The first-order valence-electron chi connectivity index (χ1n) is 11.5. The van der Waals surface area contributed by atoms with Crippen molar-refractivity contribution in [1.29, 1.82) is 0 Å². The predicted molar refractivity (Wildman–Crippen MR) is 130 cm³/mol. The third-order valence-corrected chi connectivity index (χ3v) is 7.22. The van der Waals surface area contributed by atoms with Gasteiger partial charge in [0, 0.05) is 64.9 Å². The van der Waals surface area contributed by atoms with Crippen molar-refractivity contribution in [1.82, 2.24) is 14.7 Å². The number of hydrogen-bond donors (Lipinski definition) is 1. The molecule has 2 atom stereocenters. The highest BCUT2D eigenvalue weighted by atomic mass is 35.5. The molecule has 0 radical (unpaired) electrons. The fourth-order valence-corrected chi connectivity index (χ4v) is 4.71. The number of amides is 2. The van der Waals surface area contributed by atoms with E-state index in [0.29, 0.717) is 42.6 Å². The molecule has 2 aliphatic rings. The van der Waals surface area contributed by atoms with Crippen molar-refractivity contribution in [2.45, 2.75) is 25.4 Å². The Morgan fingerprint density at radius 3 is 2.73 bits per heavy atom. The molecule has 2 heterocycles. The maximum atomic E-state index is 12.6. The summed E-state index contributed by atoms with van der Waals surface area (Å²) in [7, 11) is 1.69. The van der Waals surface area contributed by atoms with Gasteiger partial charge in [0.25, 0.3) is 0 Å². The molecule has 0 bridgehead atoms. The van der Waals surface area contributed by atoms with E-state index in [-0.39, 0.29) is 30.4 Å². The normalized spacial score (nSPS) is 22.7. The van der Waals surface area contributed by atoms with Gasteiger partial charge in [-0.1, -0.05) is 29.3 Å². The first-order chi connectivity index (χ1) is 15.9. The van der Waals surface area contributed by atoms with Crippen molar-refractivity contribution in [2.24, 2.45) is 5.92 Å². The Labute approximate surface area is 205 Å². The molecule has 182 valence electrons. The van der Waals surface area contributed by atoms with E-state index in [2.05, 4.69) is 4.90 Å². The van der Waals surface area contributed by atoms with Crippen LogP contribution >= 0.6 is 23.2 Å². The van der Waals surface area contributed by atoms with Crippen LogP contribution in [0.2, 0.25) is 10.0 Å². The van der Waals surface area contributed by atoms with Crippen molar-refractivity contribution in [3.8, 4) is 0 Å². The average Bonchev–Trinajstić information content (AvgIpc) is 3.01. The molecule has 1 N–H and O–H groups in total. The maximum Gasteiger partial charge on any atom is 0.246 e. The first-order valence-corrected chi connectivity index (χ1v) is 12.2. The summed E-state index contributed by atoms with van der Waals surface area (Å²) in [6, 6.07) is 5.20. The molecule has 2 aliphatic heterocycles. The number of aliphatic hydroxyl groups is 1. The van der Waals surface area contributed by atoms with Gasteiger partial charge in [0.05, 0.1) is 16.1 Å². The van der Waals surface area contributed by atoms with Gasteiger partial charge in [-0.05, 0) is 49.7 Å². The molecule has 2 fully saturated rings. The molecule has 3 rings (SSSR count). The summed E-state index contributed by atoms with van der Waals surface area (Å²) in [5.41, 5.74) is 0.795. The summed E-state index contributed by atoms with van der Waals surface area (Å²) in [5, 5.41) is 10.4. The topological polar surface area (TPSA) is 73.3 Å². The zero-order chi connectivity index (χ0) is 23.8. The molecule has 0 aromatic heterocycles. The third-order valence-electron chi connectivity index (χ3n) is 6.48. The zero-order valence-electron chi connectivity index (χ0n) is 19.1. The number of aliphatic hydroxyl groups excluding tert-OH is 1. The van der Waals surface area contributed by atoms with Gasteiger partial charge in [-0.25, -0.2) is 0 Å². The van der Waals surface area contributed by atoms with E-state index in [1.807, 2.05) is 4.90 Å². The van der Waals surface area contributed by atoms with Crippen LogP contribution in [0.25, 0.3) is 6.08 Å². The Morgan fingerprint density at radius 2 is 2.00 bits per heavy atom. The number of rotatable bonds is 8. The lowest BCUT2D eigenvalue weighted by Crippen LogP contribution is -2.46. The van der Waals surface area contributed by atoms with E-state index < -0.39 is 0 Å². The fraction of sp³-hybridized carbons (Fsp3) is 0.583. The van der Waals surface area contributed by atoms with E-state index in [1.165, 1.54) is 6.08 Å². The minimum absolute atomic E-state index is 0.0556. The van der Waals surface area contributed by atoms with Crippen LogP contribution in [0.1, 0.15) is 24.8 Å². The Balaban J connectivity index is 1.45. The number of benzene rings is 1. The summed E-state index contributed by atoms with van der Waals surface area (Å²) in [5.74, 6) is 0.174. The van der Waals surface area contributed by atoms with Gasteiger partial charge in [0.2, 0.25) is 11.8 Å². The maximum absolute atomic E-state index is 12.6. The summed E-state index contributed by atoms with van der Waals surface area (Å²) in [6.45, 7) is 4.95. The van der Waals surface area contributed by atoms with Gasteiger partial charge < -0.3 is 24.5 Å². The number of piperidine rings is 1. The molecule has 33 heavy (non-hydrogen) atoms. The molecule has 2 saturated heterocycles. The number of hydrogen-bond acceptors (Lipinski definition) is 5. The van der Waals surface area contributed by atoms with Crippen molar-refractivity contribution >= 4 is 41.1 Å². The number of carbonyl (C=O) groups excluding carboxylic acids is 2. The molecule has 1 aromatic carbocycles. The Morgan fingerprint density at radius 1 is 1.18 bits per heavy atom. The summed E-state index contributed by atoms with van der Waals surface area (Å²) < 4.78 is 5.53. The van der Waals surface area contributed by atoms with Crippen molar-refractivity contribution in [2.75, 3.05) is 59.5 Å². The lowest BCUT2D eigenvalue weighted by atomic mass is 9.94. The molecular weight excluding hydrogens is 465 g/mol. The van der Waals surface area contributed by atoms with Crippen LogP contribution in [0, 0.1) is 5.92 Å². The molecule has 0 unspecified atom stereocenters. The quantitative estimate of drug-likeness (QED) is 0.559. The number of methoxy groups -OCH3 is 1. The SMILES string of the molecule is CO[C@H]1CN(CCCN2CCN(C(=O)/C=C/c3ccc(Cl)c(Cl)c3)CCC2=O)CC[C@H]1CO. The van der Waals surface area contributed by atoms with E-state index in [0.717, 1.165) is 38.0 Å². The van der Waals surface area contributed by atoms with Gasteiger partial charge in [-0.15, -0.1) is 0 Å². The number of halogens is 2. The number of carbonyl (C=O) groups is 2. The molecule has 7 nitrogen and oxygen atoms in total. The standard InChI is InChI=1S/C24H33Cl2N3O4/c1-33-22-16-27(11-7-19(22)17-30)9-2-10-28-13-14-29(12-8-24(28)32)23(31)6-4-18-3-5-20(25)21(26)15-18/h3-6,15,19,22,30H,2,7-14,16-17H2,1H3/b6-4+/t19-,22-/m0/s1. The molecule has 1 aromatic rings. The van der Waals surface area contributed by atoms with Gasteiger partial charge >= 0.3 is 0 Å². The highest BCUT2D eigenvalue weighted by molar-refractivity contribution is 6.42. The van der Waals surface area contributed by atoms with Crippen LogP contribution in [0.4, 0.5) is 0 Å². The fourth-order valence-electron chi connectivity index (χ4n) is 4.41. The molecule has 0 saturated carbocycles. The second-order valence-corrected chi connectivity index (χ2v) is 9.44. The van der Waals surface area contributed by atoms with Crippen LogP contribution in [0.15, 0.2) is 24.3 Å². The minimum atomic E-state index is -0.118. The van der Waals surface area contributed by atoms with Gasteiger partial charge in [0.1, 0.15) is 0 Å². The molecular formula is C24H33Cl2N3O4. The van der Waals surface area contributed by atoms with Crippen LogP contribution in [0.5, 0.6) is 0 Å². The van der Waals surface area contributed by atoms with Crippen LogP contribution < -0.4 is 0 Å². The minimum Gasteiger partial charge on any atom is -0.396 e. The second-order valence-electron chi connectivity index (χ2n) is 8.62. The van der Waals surface area contributed by atoms with E-state index in [1.54, 1.807) is 36.3 Å². The lowest BCUT2D eigenvalue weighted by Gasteiger charge is -2.37. The Hall–Kier alpha value is -1.64. The van der Waals surface area contributed by atoms with Gasteiger partial charge in [0.15, 0.2) is 0 Å². The Kier molecular flexibility index (Phi) is 10.0. The highest BCUT2D eigenvalue weighted by Gasteiger charge is 2.29. The average molecular weight is 498 g/mol. The van der Waals surface area contributed by atoms with Crippen molar-refractivity contribution in [3.05, 3.63) is 39.9 Å². The third kappa shape index (κ3) is 7.42. The summed E-state index contributed by atoms with van der Waals surface area (Å²) in [6.07, 6.45) is 5.41. The van der Waals surface area contributed by atoms with E-state index in [9.17, 15) is 14.7 Å². The molecule has 0 spiro atoms. The monoisotopic (exact) mass is 497 g/mol. The van der Waals surface area contributed by atoms with Crippen LogP contribution in [-0.2, 0) is 14.3 Å². The van der Waals surface area contributed by atoms with E-state index in [4.69, 9.17) is 27.9 Å². The largest absolute Gasteiger partial charge is 0.396 e. The Bertz CT molecular complexity index is 851. The van der Waals surface area contributed by atoms with Crippen LogP contribution in [0.3, 0.4) is 0 Å². The molecule has 2 amide bonds. The highest BCUT2D eigenvalue weighted by Crippen LogP contribution is 2.23. The summed E-state index contributed by atoms with van der Waals surface area (Å²) in [4.78, 5) is 31.1. The van der Waals surface area contributed by atoms with Gasteiger partial charge in [-0.3, -0.25) is 9.59 Å². The molecule has 9 heteroatoms.